The van der Waals surface area contributed by atoms with E-state index in [1.807, 2.05) is 38.1 Å². The standard InChI is InChI=1S/C20H21NO2/c1-4-23-18-12-8-11-17(22)19-14(2)21(15(3)20(18)19)13-16-9-6-5-7-10-16/h5-12H,4,13H2,1-3H3. The summed E-state index contributed by atoms with van der Waals surface area (Å²) < 4.78 is 7.98. The van der Waals surface area contributed by atoms with Gasteiger partial charge in [0.25, 0.3) is 0 Å². The number of benzene rings is 1. The molecule has 1 aromatic heterocycles. The lowest BCUT2D eigenvalue weighted by atomic mass is 10.2. The highest BCUT2D eigenvalue weighted by Crippen LogP contribution is 2.31. The molecule has 23 heavy (non-hydrogen) atoms. The summed E-state index contributed by atoms with van der Waals surface area (Å²) in [6, 6.07) is 15.6. The lowest BCUT2D eigenvalue weighted by molar-refractivity contribution is 0.344. The predicted octanol–water partition coefficient (Wildman–Crippen LogP) is 4.07. The molecule has 3 aromatic rings. The van der Waals surface area contributed by atoms with Gasteiger partial charge in [0, 0.05) is 23.3 Å². The van der Waals surface area contributed by atoms with Crippen LogP contribution in [-0.4, -0.2) is 11.2 Å². The van der Waals surface area contributed by atoms with Crippen molar-refractivity contribution in [3.8, 4) is 5.75 Å². The molecule has 3 rings (SSSR count). The lowest BCUT2D eigenvalue weighted by Crippen LogP contribution is -2.04. The molecule has 0 fully saturated rings. The van der Waals surface area contributed by atoms with Crippen LogP contribution in [0.1, 0.15) is 23.9 Å². The van der Waals surface area contributed by atoms with Gasteiger partial charge in [0.2, 0.25) is 0 Å². The number of hydrogen-bond acceptors (Lipinski definition) is 2. The van der Waals surface area contributed by atoms with E-state index in [1.54, 1.807) is 12.1 Å². The van der Waals surface area contributed by atoms with Crippen LogP contribution < -0.4 is 10.2 Å². The lowest BCUT2D eigenvalue weighted by Gasteiger charge is -2.10. The van der Waals surface area contributed by atoms with Crippen molar-refractivity contribution in [1.29, 1.82) is 0 Å². The van der Waals surface area contributed by atoms with Gasteiger partial charge in [-0.2, -0.15) is 0 Å². The Morgan fingerprint density at radius 1 is 0.913 bits per heavy atom. The summed E-state index contributed by atoms with van der Waals surface area (Å²) in [5.74, 6) is 0.775. The van der Waals surface area contributed by atoms with Gasteiger partial charge in [-0.3, -0.25) is 4.79 Å². The van der Waals surface area contributed by atoms with Crippen LogP contribution in [0.15, 0.2) is 53.3 Å². The molecule has 0 radical (unpaired) electrons. The molecule has 1 heterocycles. The quantitative estimate of drug-likeness (QED) is 0.727. The molecule has 0 saturated heterocycles. The Kier molecular flexibility index (Phi) is 4.20. The number of aryl methyl sites for hydroxylation is 2. The fourth-order valence-electron chi connectivity index (χ4n) is 3.15. The summed E-state index contributed by atoms with van der Waals surface area (Å²) in [6.45, 7) is 7.35. The maximum atomic E-state index is 12.5. The van der Waals surface area contributed by atoms with E-state index in [9.17, 15) is 4.79 Å². The van der Waals surface area contributed by atoms with Crippen LogP contribution in [0.3, 0.4) is 0 Å². The number of ether oxygens (including phenoxy) is 1. The van der Waals surface area contributed by atoms with Gasteiger partial charge < -0.3 is 9.30 Å². The predicted molar refractivity (Wildman–Crippen MR) is 94.4 cm³/mol. The average molecular weight is 307 g/mol. The Bertz CT molecular complexity index is 895. The van der Waals surface area contributed by atoms with E-state index >= 15 is 0 Å². The molecule has 0 aliphatic rings. The first-order valence-corrected chi connectivity index (χ1v) is 7.93. The van der Waals surface area contributed by atoms with Crippen LogP contribution in [0.25, 0.3) is 10.8 Å². The van der Waals surface area contributed by atoms with Crippen molar-refractivity contribution < 1.29 is 4.74 Å². The molecule has 0 aliphatic heterocycles. The average Bonchev–Trinajstić information content (AvgIpc) is 2.69. The number of aromatic nitrogens is 1. The Balaban J connectivity index is 2.27. The molecule has 2 aromatic carbocycles. The second-order valence-corrected chi connectivity index (χ2v) is 5.68. The maximum absolute atomic E-state index is 12.5. The van der Waals surface area contributed by atoms with Crippen LogP contribution in [0.4, 0.5) is 0 Å². The first-order valence-electron chi connectivity index (χ1n) is 7.93. The van der Waals surface area contributed by atoms with Gasteiger partial charge in [-0.05, 0) is 38.5 Å². The SMILES string of the molecule is CCOc1cccc(=O)c2c(C)n(Cc3ccccc3)c(C)c12. The summed E-state index contributed by atoms with van der Waals surface area (Å²) >= 11 is 0. The number of fused-ring (bicyclic) bond motifs is 1. The van der Waals surface area contributed by atoms with Crippen LogP contribution in [0, 0.1) is 13.8 Å². The van der Waals surface area contributed by atoms with Crippen molar-refractivity contribution in [2.24, 2.45) is 0 Å². The van der Waals surface area contributed by atoms with Gasteiger partial charge in [-0.1, -0.05) is 36.4 Å². The largest absolute Gasteiger partial charge is 0.493 e. The highest BCUT2D eigenvalue weighted by molar-refractivity contribution is 5.92. The third kappa shape index (κ3) is 2.74. The van der Waals surface area contributed by atoms with Crippen molar-refractivity contribution in [2.75, 3.05) is 6.61 Å². The molecule has 0 amide bonds. The van der Waals surface area contributed by atoms with E-state index in [-0.39, 0.29) is 5.43 Å². The number of nitrogens with zero attached hydrogens (tertiary/aromatic N) is 1. The van der Waals surface area contributed by atoms with Crippen LogP contribution >= 0.6 is 0 Å². The van der Waals surface area contributed by atoms with Gasteiger partial charge in [-0.15, -0.1) is 0 Å². The zero-order valence-electron chi connectivity index (χ0n) is 13.8. The molecule has 118 valence electrons. The van der Waals surface area contributed by atoms with Crippen LogP contribution in [-0.2, 0) is 6.54 Å². The topological polar surface area (TPSA) is 31.2 Å². The van der Waals surface area contributed by atoms with E-state index in [2.05, 4.69) is 23.6 Å². The van der Waals surface area contributed by atoms with Gasteiger partial charge in [0.05, 0.1) is 12.0 Å². The Hall–Kier alpha value is -2.55. The van der Waals surface area contributed by atoms with Gasteiger partial charge >= 0.3 is 0 Å². The van der Waals surface area contributed by atoms with Crippen LogP contribution in [0.5, 0.6) is 5.75 Å². The summed E-state index contributed by atoms with van der Waals surface area (Å²) in [5, 5.41) is 1.68. The molecular weight excluding hydrogens is 286 g/mol. The third-order valence-electron chi connectivity index (χ3n) is 4.25. The minimum atomic E-state index is 0.0402. The molecule has 0 atom stereocenters. The van der Waals surface area contributed by atoms with Crippen molar-refractivity contribution in [1.82, 2.24) is 4.57 Å². The maximum Gasteiger partial charge on any atom is 0.188 e. The van der Waals surface area contributed by atoms with Crippen LogP contribution in [0.2, 0.25) is 0 Å². The van der Waals surface area contributed by atoms with E-state index < -0.39 is 0 Å². The van der Waals surface area contributed by atoms with Crippen molar-refractivity contribution in [3.63, 3.8) is 0 Å². The van der Waals surface area contributed by atoms with Crippen molar-refractivity contribution in [2.45, 2.75) is 27.3 Å². The second-order valence-electron chi connectivity index (χ2n) is 5.68. The first kappa shape index (κ1) is 15.3. The van der Waals surface area contributed by atoms with Gasteiger partial charge in [0.1, 0.15) is 5.75 Å². The number of hydrogen-bond donors (Lipinski definition) is 0. The Morgan fingerprint density at radius 3 is 2.30 bits per heavy atom. The third-order valence-corrected chi connectivity index (χ3v) is 4.25. The van der Waals surface area contributed by atoms with Crippen molar-refractivity contribution in [3.05, 3.63) is 75.7 Å². The molecule has 0 N–H and O–H groups in total. The number of rotatable bonds is 4. The molecule has 3 nitrogen and oxygen atoms in total. The summed E-state index contributed by atoms with van der Waals surface area (Å²) in [7, 11) is 0. The van der Waals surface area contributed by atoms with E-state index in [4.69, 9.17) is 4.74 Å². The van der Waals surface area contributed by atoms with E-state index in [1.165, 1.54) is 5.56 Å². The monoisotopic (exact) mass is 307 g/mol. The van der Waals surface area contributed by atoms with Crippen molar-refractivity contribution >= 4 is 10.8 Å². The normalized spacial score (nSPS) is 10.9. The smallest absolute Gasteiger partial charge is 0.188 e. The highest BCUT2D eigenvalue weighted by atomic mass is 16.5. The highest BCUT2D eigenvalue weighted by Gasteiger charge is 2.16. The molecule has 0 unspecified atom stereocenters. The minimum Gasteiger partial charge on any atom is -0.493 e. The first-order chi connectivity index (χ1) is 11.1. The minimum absolute atomic E-state index is 0.0402. The molecule has 0 saturated carbocycles. The molecular formula is C20H21NO2. The van der Waals surface area contributed by atoms with Gasteiger partial charge in [0.15, 0.2) is 5.43 Å². The summed E-state index contributed by atoms with van der Waals surface area (Å²) in [5.41, 5.74) is 3.31. The zero-order chi connectivity index (χ0) is 16.4. The molecule has 0 spiro atoms. The Morgan fingerprint density at radius 2 is 1.61 bits per heavy atom. The zero-order valence-corrected chi connectivity index (χ0v) is 13.8. The molecule has 0 aliphatic carbocycles. The molecule has 3 heteroatoms. The van der Waals surface area contributed by atoms with E-state index in [0.717, 1.165) is 34.5 Å². The fourth-order valence-corrected chi connectivity index (χ4v) is 3.15. The van der Waals surface area contributed by atoms with E-state index in [0.29, 0.717) is 6.61 Å². The van der Waals surface area contributed by atoms with Gasteiger partial charge in [-0.25, -0.2) is 0 Å². The molecule has 0 bridgehead atoms. The fraction of sp³-hybridized carbons (Fsp3) is 0.250. The summed E-state index contributed by atoms with van der Waals surface area (Å²) in [4.78, 5) is 12.5. The summed E-state index contributed by atoms with van der Waals surface area (Å²) in [6.07, 6.45) is 0. The Labute approximate surface area is 136 Å². The second kappa shape index (κ2) is 6.29.